The molecule has 1 fully saturated rings. The van der Waals surface area contributed by atoms with E-state index in [0.717, 1.165) is 19.3 Å². The van der Waals surface area contributed by atoms with Crippen LogP contribution in [-0.4, -0.2) is 36.2 Å². The number of nitrogens with zero attached hydrogens (tertiary/aromatic N) is 1. The van der Waals surface area contributed by atoms with Crippen molar-refractivity contribution in [2.45, 2.75) is 63.6 Å². The number of hydrogen-bond acceptors (Lipinski definition) is 4. The molecule has 1 saturated carbocycles. The molecule has 2 rings (SSSR count). The first-order chi connectivity index (χ1) is 8.35. The summed E-state index contributed by atoms with van der Waals surface area (Å²) < 4.78 is 5.39. The molecule has 1 aliphatic heterocycles. The molecule has 0 aromatic rings. The van der Waals surface area contributed by atoms with E-state index in [-0.39, 0.29) is 17.6 Å². The maximum Gasteiger partial charge on any atom is 0.254 e. The Bertz CT molecular complexity index is 373. The molecule has 0 radical (unpaired) electrons. The Labute approximate surface area is 108 Å². The lowest BCUT2D eigenvalue weighted by molar-refractivity contribution is -0.126. The molecule has 0 aromatic heterocycles. The SMILES string of the molecule is COC1CCCC2(C1)N=C(NC(C)(C)C)NC2=O. The number of rotatable bonds is 1. The lowest BCUT2D eigenvalue weighted by Crippen LogP contribution is -2.48. The third-order valence-corrected chi connectivity index (χ3v) is 3.49. The summed E-state index contributed by atoms with van der Waals surface area (Å²) in [6.45, 7) is 6.14. The normalized spacial score (nSPS) is 32.3. The monoisotopic (exact) mass is 253 g/mol. The van der Waals surface area contributed by atoms with Crippen LogP contribution in [0.1, 0.15) is 46.5 Å². The first-order valence-electron chi connectivity index (χ1n) is 6.57. The Morgan fingerprint density at radius 3 is 2.83 bits per heavy atom. The minimum absolute atomic E-state index is 0.0102. The van der Waals surface area contributed by atoms with Crippen molar-refractivity contribution in [2.24, 2.45) is 4.99 Å². The van der Waals surface area contributed by atoms with Crippen LogP contribution in [0.25, 0.3) is 0 Å². The summed E-state index contributed by atoms with van der Waals surface area (Å²) in [4.78, 5) is 16.8. The summed E-state index contributed by atoms with van der Waals surface area (Å²) in [7, 11) is 1.70. The zero-order chi connectivity index (χ0) is 13.4. The van der Waals surface area contributed by atoms with Gasteiger partial charge < -0.3 is 10.1 Å². The first kappa shape index (κ1) is 13.3. The van der Waals surface area contributed by atoms with Crippen molar-refractivity contribution in [3.05, 3.63) is 0 Å². The standard InChI is InChI=1S/C13H23N3O2/c1-12(2,3)15-11-14-10(17)13(16-11)7-5-6-9(8-13)18-4/h9H,5-8H2,1-4H3,(H2,14,15,16,17). The predicted octanol–water partition coefficient (Wildman–Crippen LogP) is 1.19. The summed E-state index contributed by atoms with van der Waals surface area (Å²) in [5.41, 5.74) is -0.709. The quantitative estimate of drug-likeness (QED) is 0.738. The molecular weight excluding hydrogens is 230 g/mol. The molecule has 1 spiro atoms. The number of aliphatic imine (C=N–C) groups is 1. The Balaban J connectivity index is 2.15. The first-order valence-corrected chi connectivity index (χ1v) is 6.57. The molecule has 0 saturated heterocycles. The lowest BCUT2D eigenvalue weighted by Gasteiger charge is -2.32. The second kappa shape index (κ2) is 4.53. The minimum Gasteiger partial charge on any atom is -0.381 e. The van der Waals surface area contributed by atoms with Gasteiger partial charge in [-0.1, -0.05) is 0 Å². The van der Waals surface area contributed by atoms with Crippen molar-refractivity contribution in [1.82, 2.24) is 10.6 Å². The number of hydrogen-bond donors (Lipinski definition) is 2. The van der Waals surface area contributed by atoms with Gasteiger partial charge in [0, 0.05) is 19.1 Å². The van der Waals surface area contributed by atoms with Crippen molar-refractivity contribution in [3.63, 3.8) is 0 Å². The van der Waals surface area contributed by atoms with Crippen molar-refractivity contribution in [3.8, 4) is 0 Å². The third-order valence-electron chi connectivity index (χ3n) is 3.49. The van der Waals surface area contributed by atoms with Gasteiger partial charge in [0.05, 0.1) is 6.10 Å². The van der Waals surface area contributed by atoms with Crippen LogP contribution in [0.5, 0.6) is 0 Å². The minimum atomic E-state index is -0.605. The Hall–Kier alpha value is -1.10. The van der Waals surface area contributed by atoms with E-state index < -0.39 is 5.54 Å². The summed E-state index contributed by atoms with van der Waals surface area (Å²) in [6.07, 6.45) is 3.64. The molecule has 1 aliphatic carbocycles. The average molecular weight is 253 g/mol. The van der Waals surface area contributed by atoms with E-state index in [1.54, 1.807) is 7.11 Å². The Morgan fingerprint density at radius 2 is 2.22 bits per heavy atom. The highest BCUT2D eigenvalue weighted by Crippen LogP contribution is 2.35. The van der Waals surface area contributed by atoms with Crippen LogP contribution in [-0.2, 0) is 9.53 Å². The third kappa shape index (κ3) is 2.66. The highest BCUT2D eigenvalue weighted by molar-refractivity contribution is 6.07. The highest BCUT2D eigenvalue weighted by Gasteiger charge is 2.47. The predicted molar refractivity (Wildman–Crippen MR) is 70.5 cm³/mol. The molecule has 1 heterocycles. The van der Waals surface area contributed by atoms with Gasteiger partial charge in [-0.25, -0.2) is 4.99 Å². The van der Waals surface area contributed by atoms with Crippen LogP contribution < -0.4 is 10.6 Å². The van der Waals surface area contributed by atoms with Crippen LogP contribution in [0.4, 0.5) is 0 Å². The zero-order valence-corrected chi connectivity index (χ0v) is 11.7. The van der Waals surface area contributed by atoms with E-state index in [9.17, 15) is 4.79 Å². The number of amides is 1. The van der Waals surface area contributed by atoms with Crippen LogP contribution in [0.2, 0.25) is 0 Å². The molecule has 102 valence electrons. The van der Waals surface area contributed by atoms with Gasteiger partial charge >= 0.3 is 0 Å². The van der Waals surface area contributed by atoms with Gasteiger partial charge in [-0.15, -0.1) is 0 Å². The summed E-state index contributed by atoms with van der Waals surface area (Å²) >= 11 is 0. The van der Waals surface area contributed by atoms with E-state index in [0.29, 0.717) is 12.4 Å². The Morgan fingerprint density at radius 1 is 1.50 bits per heavy atom. The van der Waals surface area contributed by atoms with Crippen LogP contribution in [0, 0.1) is 0 Å². The second-order valence-electron chi connectivity index (χ2n) is 6.28. The highest BCUT2D eigenvalue weighted by atomic mass is 16.5. The molecule has 5 nitrogen and oxygen atoms in total. The Kier molecular flexibility index (Phi) is 3.36. The number of carbonyl (C=O) groups excluding carboxylic acids is 1. The number of guanidine groups is 1. The average Bonchev–Trinajstić information content (AvgIpc) is 2.52. The molecule has 2 aliphatic rings. The summed E-state index contributed by atoms with van der Waals surface area (Å²) in [5.74, 6) is 0.611. The molecule has 2 N–H and O–H groups in total. The van der Waals surface area contributed by atoms with Gasteiger partial charge in [0.2, 0.25) is 0 Å². The van der Waals surface area contributed by atoms with Gasteiger partial charge in [-0.2, -0.15) is 0 Å². The summed E-state index contributed by atoms with van der Waals surface area (Å²) in [6, 6.07) is 0. The van der Waals surface area contributed by atoms with Gasteiger partial charge in [-0.05, 0) is 40.0 Å². The fourth-order valence-corrected chi connectivity index (χ4v) is 2.64. The molecule has 2 unspecified atom stereocenters. The largest absolute Gasteiger partial charge is 0.381 e. The summed E-state index contributed by atoms with van der Waals surface area (Å²) in [5, 5.41) is 6.09. The molecule has 0 bridgehead atoms. The smallest absolute Gasteiger partial charge is 0.254 e. The van der Waals surface area contributed by atoms with Crippen LogP contribution in [0.3, 0.4) is 0 Å². The van der Waals surface area contributed by atoms with Crippen molar-refractivity contribution < 1.29 is 9.53 Å². The van der Waals surface area contributed by atoms with Crippen molar-refractivity contribution >= 4 is 11.9 Å². The van der Waals surface area contributed by atoms with Gasteiger partial charge in [0.25, 0.3) is 5.91 Å². The van der Waals surface area contributed by atoms with Crippen molar-refractivity contribution in [1.29, 1.82) is 0 Å². The van der Waals surface area contributed by atoms with Gasteiger partial charge in [0.15, 0.2) is 5.96 Å². The molecule has 5 heteroatoms. The number of carbonyl (C=O) groups is 1. The van der Waals surface area contributed by atoms with E-state index in [1.807, 2.05) is 20.8 Å². The van der Waals surface area contributed by atoms with E-state index in [2.05, 4.69) is 15.6 Å². The van der Waals surface area contributed by atoms with Gasteiger partial charge in [-0.3, -0.25) is 10.1 Å². The zero-order valence-electron chi connectivity index (χ0n) is 11.7. The number of ether oxygens (including phenoxy) is 1. The van der Waals surface area contributed by atoms with E-state index >= 15 is 0 Å². The number of methoxy groups -OCH3 is 1. The van der Waals surface area contributed by atoms with E-state index in [1.165, 1.54) is 0 Å². The number of nitrogens with one attached hydrogen (secondary N) is 2. The van der Waals surface area contributed by atoms with Crippen molar-refractivity contribution in [2.75, 3.05) is 7.11 Å². The second-order valence-corrected chi connectivity index (χ2v) is 6.28. The van der Waals surface area contributed by atoms with Crippen LogP contribution >= 0.6 is 0 Å². The molecule has 18 heavy (non-hydrogen) atoms. The molecule has 2 atom stereocenters. The molecular formula is C13H23N3O2. The van der Waals surface area contributed by atoms with E-state index in [4.69, 9.17) is 4.74 Å². The topological polar surface area (TPSA) is 62.7 Å². The maximum absolute atomic E-state index is 12.2. The fraction of sp³-hybridized carbons (Fsp3) is 0.846. The molecule has 0 aromatic carbocycles. The molecule has 1 amide bonds. The van der Waals surface area contributed by atoms with Gasteiger partial charge in [0.1, 0.15) is 5.54 Å². The lowest BCUT2D eigenvalue weighted by atomic mass is 9.80. The maximum atomic E-state index is 12.2. The van der Waals surface area contributed by atoms with Crippen LogP contribution in [0.15, 0.2) is 4.99 Å². The fourth-order valence-electron chi connectivity index (χ4n) is 2.64.